The van der Waals surface area contributed by atoms with Gasteiger partial charge in [0, 0.05) is 42.8 Å². The second kappa shape index (κ2) is 4.99. The minimum Gasteiger partial charge on any atom is -0.361 e. The Morgan fingerprint density at radius 1 is 1.32 bits per heavy atom. The van der Waals surface area contributed by atoms with Gasteiger partial charge in [0.15, 0.2) is 0 Å². The average molecular weight is 257 g/mol. The van der Waals surface area contributed by atoms with E-state index < -0.39 is 0 Å². The van der Waals surface area contributed by atoms with Crippen molar-refractivity contribution in [2.45, 2.75) is 26.3 Å². The zero-order valence-electron chi connectivity index (χ0n) is 12.1. The van der Waals surface area contributed by atoms with Gasteiger partial charge in [0.05, 0.1) is 0 Å². The van der Waals surface area contributed by atoms with Gasteiger partial charge in [-0.15, -0.1) is 0 Å². The molecule has 0 saturated carbocycles. The first-order valence-corrected chi connectivity index (χ1v) is 7.13. The molecule has 0 spiro atoms. The topological polar surface area (TPSA) is 31.1 Å². The highest BCUT2D eigenvalue weighted by Crippen LogP contribution is 2.25. The molecule has 2 heterocycles. The average Bonchev–Trinajstić information content (AvgIpc) is 2.78. The van der Waals surface area contributed by atoms with Crippen LogP contribution in [0.3, 0.4) is 0 Å². The van der Waals surface area contributed by atoms with Crippen LogP contribution in [0.4, 0.5) is 0 Å². The molecule has 1 aliphatic heterocycles. The van der Waals surface area contributed by atoms with Crippen LogP contribution in [0, 0.1) is 13.8 Å². The van der Waals surface area contributed by atoms with Gasteiger partial charge in [0.1, 0.15) is 0 Å². The summed E-state index contributed by atoms with van der Waals surface area (Å²) in [5, 5.41) is 5.01. The Balaban J connectivity index is 1.87. The second-order valence-corrected chi connectivity index (χ2v) is 5.86. The Morgan fingerprint density at radius 3 is 2.95 bits per heavy atom. The number of rotatable bonds is 2. The lowest BCUT2D eigenvalue weighted by Crippen LogP contribution is -2.49. The van der Waals surface area contributed by atoms with Gasteiger partial charge in [-0.2, -0.15) is 0 Å². The van der Waals surface area contributed by atoms with Crippen LogP contribution in [0.15, 0.2) is 18.3 Å². The standard InChI is InChI=1S/C16H23N3/c1-11-4-5-15-13(9-18-16(15)12(11)2)8-14-10-19(3)7-6-17-14/h4-5,9,14,17-18H,6-8,10H2,1-3H3. The first-order valence-electron chi connectivity index (χ1n) is 7.13. The summed E-state index contributed by atoms with van der Waals surface area (Å²) < 4.78 is 0. The van der Waals surface area contributed by atoms with Crippen molar-refractivity contribution in [1.29, 1.82) is 0 Å². The van der Waals surface area contributed by atoms with Gasteiger partial charge >= 0.3 is 0 Å². The highest BCUT2D eigenvalue weighted by Gasteiger charge is 2.18. The van der Waals surface area contributed by atoms with Crippen molar-refractivity contribution in [1.82, 2.24) is 15.2 Å². The number of aromatic amines is 1. The molecule has 1 atom stereocenters. The third kappa shape index (κ3) is 2.40. The van der Waals surface area contributed by atoms with E-state index in [2.05, 4.69) is 54.4 Å². The number of fused-ring (bicyclic) bond motifs is 1. The summed E-state index contributed by atoms with van der Waals surface area (Å²) in [6.45, 7) is 7.76. The molecular formula is C16H23N3. The molecule has 0 bridgehead atoms. The van der Waals surface area contributed by atoms with Crippen LogP contribution in [0.25, 0.3) is 10.9 Å². The number of aryl methyl sites for hydroxylation is 2. The lowest BCUT2D eigenvalue weighted by atomic mass is 10.0. The van der Waals surface area contributed by atoms with Crippen LogP contribution in [0.1, 0.15) is 16.7 Å². The molecule has 1 aromatic heterocycles. The zero-order valence-corrected chi connectivity index (χ0v) is 12.1. The quantitative estimate of drug-likeness (QED) is 0.864. The fourth-order valence-electron chi connectivity index (χ4n) is 3.07. The maximum atomic E-state index is 3.62. The Hall–Kier alpha value is -1.32. The molecule has 0 amide bonds. The predicted molar refractivity (Wildman–Crippen MR) is 80.8 cm³/mol. The molecule has 0 radical (unpaired) electrons. The third-order valence-electron chi connectivity index (χ3n) is 4.40. The van der Waals surface area contributed by atoms with Crippen LogP contribution >= 0.6 is 0 Å². The number of benzene rings is 1. The summed E-state index contributed by atoms with van der Waals surface area (Å²) in [4.78, 5) is 5.86. The van der Waals surface area contributed by atoms with Crippen molar-refractivity contribution < 1.29 is 0 Å². The number of nitrogens with one attached hydrogen (secondary N) is 2. The fourth-order valence-corrected chi connectivity index (χ4v) is 3.07. The molecule has 2 N–H and O–H groups in total. The second-order valence-electron chi connectivity index (χ2n) is 5.86. The van der Waals surface area contributed by atoms with E-state index in [1.807, 2.05) is 0 Å². The van der Waals surface area contributed by atoms with Crippen LogP contribution in [0.5, 0.6) is 0 Å². The van der Waals surface area contributed by atoms with E-state index in [1.54, 1.807) is 0 Å². The molecule has 3 nitrogen and oxygen atoms in total. The van der Waals surface area contributed by atoms with Gasteiger partial charge in [-0.25, -0.2) is 0 Å². The highest BCUT2D eigenvalue weighted by molar-refractivity contribution is 5.86. The number of hydrogen-bond donors (Lipinski definition) is 2. The largest absolute Gasteiger partial charge is 0.361 e. The summed E-state index contributed by atoms with van der Waals surface area (Å²) in [6, 6.07) is 5.06. The van der Waals surface area contributed by atoms with Crippen molar-refractivity contribution in [2.24, 2.45) is 0 Å². The van der Waals surface area contributed by atoms with Crippen LogP contribution in [-0.4, -0.2) is 42.6 Å². The van der Waals surface area contributed by atoms with Crippen molar-refractivity contribution in [3.63, 3.8) is 0 Å². The fraction of sp³-hybridized carbons (Fsp3) is 0.500. The first-order chi connectivity index (χ1) is 9.15. The monoisotopic (exact) mass is 257 g/mol. The van der Waals surface area contributed by atoms with Gasteiger partial charge in [-0.05, 0) is 44.0 Å². The number of nitrogens with zero attached hydrogens (tertiary/aromatic N) is 1. The molecule has 1 aromatic carbocycles. The molecule has 2 aromatic rings. The lowest BCUT2D eigenvalue weighted by Gasteiger charge is -2.30. The van der Waals surface area contributed by atoms with Crippen molar-refractivity contribution in [2.75, 3.05) is 26.7 Å². The number of aromatic nitrogens is 1. The van der Waals surface area contributed by atoms with Crippen LogP contribution < -0.4 is 5.32 Å². The van der Waals surface area contributed by atoms with Crippen molar-refractivity contribution in [3.8, 4) is 0 Å². The molecule has 1 saturated heterocycles. The molecule has 102 valence electrons. The highest BCUT2D eigenvalue weighted by atomic mass is 15.2. The minimum absolute atomic E-state index is 0.569. The summed E-state index contributed by atoms with van der Waals surface area (Å²) in [5.41, 5.74) is 5.47. The smallest absolute Gasteiger partial charge is 0.0489 e. The van der Waals surface area contributed by atoms with Crippen molar-refractivity contribution in [3.05, 3.63) is 35.0 Å². The number of likely N-dealkylation sites (N-methyl/N-ethyl adjacent to an activating group) is 1. The van der Waals surface area contributed by atoms with E-state index >= 15 is 0 Å². The number of piperazine rings is 1. The van der Waals surface area contributed by atoms with E-state index in [0.717, 1.165) is 26.1 Å². The van der Waals surface area contributed by atoms with Gasteiger partial charge in [0.25, 0.3) is 0 Å². The molecule has 19 heavy (non-hydrogen) atoms. The van der Waals surface area contributed by atoms with E-state index in [4.69, 9.17) is 0 Å². The molecule has 1 unspecified atom stereocenters. The Morgan fingerprint density at radius 2 is 2.16 bits per heavy atom. The van der Waals surface area contributed by atoms with Gasteiger partial charge in [-0.1, -0.05) is 12.1 Å². The van der Waals surface area contributed by atoms with Crippen LogP contribution in [0.2, 0.25) is 0 Å². The molecule has 1 aliphatic rings. The summed E-state index contributed by atoms with van der Waals surface area (Å²) in [7, 11) is 2.20. The Kier molecular flexibility index (Phi) is 3.33. The molecule has 1 fully saturated rings. The van der Waals surface area contributed by atoms with Crippen LogP contribution in [-0.2, 0) is 6.42 Å². The lowest BCUT2D eigenvalue weighted by molar-refractivity contribution is 0.238. The normalized spacial score (nSPS) is 21.1. The summed E-state index contributed by atoms with van der Waals surface area (Å²) >= 11 is 0. The maximum Gasteiger partial charge on any atom is 0.0489 e. The molecule has 0 aliphatic carbocycles. The number of hydrogen-bond acceptors (Lipinski definition) is 2. The first kappa shape index (κ1) is 12.7. The van der Waals surface area contributed by atoms with Crippen molar-refractivity contribution >= 4 is 10.9 Å². The summed E-state index contributed by atoms with van der Waals surface area (Å²) in [5.74, 6) is 0. The molecular weight excluding hydrogens is 234 g/mol. The SMILES string of the molecule is Cc1ccc2c(CC3CN(C)CCN3)c[nH]c2c1C. The van der Waals surface area contributed by atoms with E-state index in [0.29, 0.717) is 6.04 Å². The van der Waals surface area contributed by atoms with Gasteiger partial charge < -0.3 is 15.2 Å². The van der Waals surface area contributed by atoms with E-state index in [1.165, 1.54) is 27.6 Å². The van der Waals surface area contributed by atoms with Gasteiger partial charge in [0.2, 0.25) is 0 Å². The zero-order chi connectivity index (χ0) is 13.4. The Labute approximate surface area is 115 Å². The Bertz CT molecular complexity index is 585. The van der Waals surface area contributed by atoms with E-state index in [9.17, 15) is 0 Å². The minimum atomic E-state index is 0.569. The molecule has 3 heteroatoms. The third-order valence-corrected chi connectivity index (χ3v) is 4.40. The predicted octanol–water partition coefficient (Wildman–Crippen LogP) is 2.23. The van der Waals surface area contributed by atoms with Gasteiger partial charge in [-0.3, -0.25) is 0 Å². The van der Waals surface area contributed by atoms with E-state index in [-0.39, 0.29) is 0 Å². The summed E-state index contributed by atoms with van der Waals surface area (Å²) in [6.07, 6.45) is 3.29. The number of H-pyrrole nitrogens is 1. The maximum absolute atomic E-state index is 3.62. The molecule has 3 rings (SSSR count).